The van der Waals surface area contributed by atoms with E-state index >= 15 is 0 Å². The number of carbonyl (C=O) groups excluding carboxylic acids is 1. The van der Waals surface area contributed by atoms with E-state index in [4.69, 9.17) is 0 Å². The molecule has 0 aliphatic heterocycles. The molecule has 2 N–H and O–H groups in total. The van der Waals surface area contributed by atoms with Gasteiger partial charge in [0.1, 0.15) is 6.04 Å². The van der Waals surface area contributed by atoms with Crippen molar-refractivity contribution in [2.45, 2.75) is 24.3 Å². The highest BCUT2D eigenvalue weighted by atomic mass is 127. The second-order valence-electron chi connectivity index (χ2n) is 7.30. The third-order valence-corrected chi connectivity index (χ3v) is 7.93. The molecule has 1 aromatic heterocycles. The van der Waals surface area contributed by atoms with Crippen molar-refractivity contribution in [1.82, 2.24) is 9.71 Å². The van der Waals surface area contributed by atoms with Gasteiger partial charge >= 0.3 is 0 Å². The van der Waals surface area contributed by atoms with Crippen LogP contribution in [0.25, 0.3) is 10.2 Å². The Morgan fingerprint density at radius 3 is 2.50 bits per heavy atom. The number of rotatable bonds is 7. The molecule has 0 radical (unpaired) electrons. The van der Waals surface area contributed by atoms with Crippen LogP contribution in [0.3, 0.4) is 0 Å². The number of anilines is 1. The van der Waals surface area contributed by atoms with Crippen molar-refractivity contribution < 1.29 is 13.2 Å². The lowest BCUT2D eigenvalue weighted by atomic mass is 10.1. The predicted octanol–water partition coefficient (Wildman–Crippen LogP) is 4.74. The minimum Gasteiger partial charge on any atom is -0.301 e. The molecule has 1 heterocycles. The number of sulfonamides is 1. The second kappa shape index (κ2) is 9.65. The maximum atomic E-state index is 13.2. The molecular formula is C23H20IN3O3S2. The molecule has 164 valence electrons. The van der Waals surface area contributed by atoms with Crippen LogP contribution < -0.4 is 10.0 Å². The van der Waals surface area contributed by atoms with Gasteiger partial charge in [0.2, 0.25) is 15.9 Å². The lowest BCUT2D eigenvalue weighted by molar-refractivity contribution is -0.117. The average Bonchev–Trinajstić information content (AvgIpc) is 3.15. The van der Waals surface area contributed by atoms with Gasteiger partial charge in [-0.15, -0.1) is 0 Å². The summed E-state index contributed by atoms with van der Waals surface area (Å²) in [6.45, 7) is 1.99. The Hall–Kier alpha value is -2.34. The number of halogens is 1. The molecule has 4 rings (SSSR count). The molecule has 4 aromatic rings. The SMILES string of the molecule is Cc1ccc2nc(NC(=O)[C@H](Cc3ccccc3)NS(=O)(=O)c3ccc(I)cc3)sc2c1. The first-order valence-electron chi connectivity index (χ1n) is 9.80. The zero-order valence-corrected chi connectivity index (χ0v) is 20.9. The molecular weight excluding hydrogens is 557 g/mol. The first kappa shape index (κ1) is 22.8. The van der Waals surface area contributed by atoms with E-state index in [9.17, 15) is 13.2 Å². The van der Waals surface area contributed by atoms with Crippen LogP contribution in [0.2, 0.25) is 0 Å². The molecule has 0 bridgehead atoms. The Balaban J connectivity index is 1.60. The van der Waals surface area contributed by atoms with Crippen LogP contribution >= 0.6 is 33.9 Å². The van der Waals surface area contributed by atoms with Crippen LogP contribution in [-0.2, 0) is 21.2 Å². The van der Waals surface area contributed by atoms with Gasteiger partial charge in [-0.2, -0.15) is 4.72 Å². The summed E-state index contributed by atoms with van der Waals surface area (Å²) in [5, 5.41) is 3.23. The summed E-state index contributed by atoms with van der Waals surface area (Å²) in [5.74, 6) is -0.460. The number of carbonyl (C=O) groups is 1. The van der Waals surface area contributed by atoms with E-state index in [0.717, 1.165) is 24.9 Å². The topological polar surface area (TPSA) is 88.2 Å². The monoisotopic (exact) mass is 577 g/mol. The number of hydrogen-bond acceptors (Lipinski definition) is 5. The lowest BCUT2D eigenvalue weighted by Crippen LogP contribution is -2.45. The van der Waals surface area contributed by atoms with Crippen LogP contribution in [0.4, 0.5) is 5.13 Å². The summed E-state index contributed by atoms with van der Waals surface area (Å²) in [5.41, 5.74) is 2.74. The fourth-order valence-corrected chi connectivity index (χ4v) is 5.71. The van der Waals surface area contributed by atoms with Gasteiger partial charge in [-0.25, -0.2) is 13.4 Å². The highest BCUT2D eigenvalue weighted by Crippen LogP contribution is 2.27. The van der Waals surface area contributed by atoms with Gasteiger partial charge in [-0.3, -0.25) is 4.79 Å². The highest BCUT2D eigenvalue weighted by molar-refractivity contribution is 14.1. The maximum absolute atomic E-state index is 13.2. The van der Waals surface area contributed by atoms with Gasteiger partial charge in [-0.1, -0.05) is 47.7 Å². The van der Waals surface area contributed by atoms with E-state index in [1.807, 2.05) is 55.5 Å². The molecule has 0 fully saturated rings. The molecule has 0 saturated heterocycles. The summed E-state index contributed by atoms with van der Waals surface area (Å²) < 4.78 is 30.4. The third-order valence-electron chi connectivity index (χ3n) is 4.79. The molecule has 6 nitrogen and oxygen atoms in total. The number of fused-ring (bicyclic) bond motifs is 1. The van der Waals surface area contributed by atoms with E-state index in [2.05, 4.69) is 37.6 Å². The molecule has 0 saturated carbocycles. The molecule has 0 spiro atoms. The number of benzene rings is 3. The normalized spacial score (nSPS) is 12.6. The fourth-order valence-electron chi connectivity index (χ4n) is 3.18. The molecule has 32 heavy (non-hydrogen) atoms. The van der Waals surface area contributed by atoms with Crippen molar-refractivity contribution in [2.24, 2.45) is 0 Å². The second-order valence-corrected chi connectivity index (χ2v) is 11.3. The number of aromatic nitrogens is 1. The summed E-state index contributed by atoms with van der Waals surface area (Å²) in [4.78, 5) is 17.7. The quantitative estimate of drug-likeness (QED) is 0.311. The number of nitrogens with one attached hydrogen (secondary N) is 2. The van der Waals surface area contributed by atoms with Gasteiger partial charge in [0.15, 0.2) is 5.13 Å². The standard InChI is InChI=1S/C23H20IN3O3S2/c1-15-7-12-19-21(13-15)31-23(25-19)26-22(28)20(14-16-5-3-2-4-6-16)27-32(29,30)18-10-8-17(24)9-11-18/h2-13,20,27H,14H2,1H3,(H,25,26,28)/t20-/m0/s1. The van der Waals surface area contributed by atoms with E-state index in [0.29, 0.717) is 5.13 Å². The molecule has 3 aromatic carbocycles. The molecule has 9 heteroatoms. The number of hydrogen-bond donors (Lipinski definition) is 2. The smallest absolute Gasteiger partial charge is 0.244 e. The number of thiazole rings is 1. The van der Waals surface area contributed by atoms with Crippen molar-refractivity contribution >= 4 is 65.2 Å². The molecule has 0 aliphatic carbocycles. The molecule has 0 unspecified atom stereocenters. The van der Waals surface area contributed by atoms with Crippen LogP contribution in [-0.4, -0.2) is 25.4 Å². The number of aryl methyl sites for hydroxylation is 1. The average molecular weight is 577 g/mol. The number of amides is 1. The van der Waals surface area contributed by atoms with Crippen molar-refractivity contribution in [2.75, 3.05) is 5.32 Å². The van der Waals surface area contributed by atoms with Crippen molar-refractivity contribution in [3.05, 3.63) is 87.5 Å². The Bertz CT molecular complexity index is 1350. The van der Waals surface area contributed by atoms with Crippen LogP contribution in [0.1, 0.15) is 11.1 Å². The minimum absolute atomic E-state index is 0.110. The van der Waals surface area contributed by atoms with Crippen molar-refractivity contribution in [1.29, 1.82) is 0 Å². The number of nitrogens with zero attached hydrogens (tertiary/aromatic N) is 1. The summed E-state index contributed by atoms with van der Waals surface area (Å²) in [7, 11) is -3.90. The Morgan fingerprint density at radius 2 is 1.78 bits per heavy atom. The third kappa shape index (κ3) is 5.52. The first-order chi connectivity index (χ1) is 15.3. The van der Waals surface area contributed by atoms with Gasteiger partial charge in [0.05, 0.1) is 15.1 Å². The van der Waals surface area contributed by atoms with E-state index in [-0.39, 0.29) is 11.3 Å². The first-order valence-corrected chi connectivity index (χ1v) is 13.2. The van der Waals surface area contributed by atoms with Gasteiger partial charge in [0.25, 0.3) is 0 Å². The molecule has 1 atom stereocenters. The van der Waals surface area contributed by atoms with Crippen molar-refractivity contribution in [3.8, 4) is 0 Å². The largest absolute Gasteiger partial charge is 0.301 e. The lowest BCUT2D eigenvalue weighted by Gasteiger charge is -2.18. The van der Waals surface area contributed by atoms with Crippen LogP contribution in [0, 0.1) is 10.5 Å². The van der Waals surface area contributed by atoms with E-state index in [1.54, 1.807) is 12.1 Å². The maximum Gasteiger partial charge on any atom is 0.244 e. The summed E-state index contributed by atoms with van der Waals surface area (Å²) >= 11 is 3.47. The highest BCUT2D eigenvalue weighted by Gasteiger charge is 2.27. The van der Waals surface area contributed by atoms with Gasteiger partial charge < -0.3 is 5.32 Å². The zero-order valence-electron chi connectivity index (χ0n) is 17.1. The summed E-state index contributed by atoms with van der Waals surface area (Å²) in [6, 6.07) is 20.6. The predicted molar refractivity (Wildman–Crippen MR) is 136 cm³/mol. The van der Waals surface area contributed by atoms with E-state index in [1.165, 1.54) is 23.5 Å². The van der Waals surface area contributed by atoms with E-state index < -0.39 is 22.0 Å². The van der Waals surface area contributed by atoms with Gasteiger partial charge in [0, 0.05) is 3.57 Å². The van der Waals surface area contributed by atoms with Gasteiger partial charge in [-0.05, 0) is 83.5 Å². The fraction of sp³-hybridized carbons (Fsp3) is 0.130. The molecule has 1 amide bonds. The molecule has 0 aliphatic rings. The van der Waals surface area contributed by atoms with Crippen LogP contribution in [0.5, 0.6) is 0 Å². The zero-order chi connectivity index (χ0) is 22.7. The minimum atomic E-state index is -3.90. The van der Waals surface area contributed by atoms with Crippen molar-refractivity contribution in [3.63, 3.8) is 0 Å². The Morgan fingerprint density at radius 1 is 1.06 bits per heavy atom. The Kier molecular flexibility index (Phi) is 6.89. The summed E-state index contributed by atoms with van der Waals surface area (Å²) in [6.07, 6.45) is 0.209. The van der Waals surface area contributed by atoms with Crippen LogP contribution in [0.15, 0.2) is 77.7 Å². The Labute approximate surface area is 204 Å².